The molecule has 2 aliphatic carbocycles. The number of hydrogen-bond acceptors (Lipinski definition) is 3. The van der Waals surface area contributed by atoms with Crippen LogP contribution in [0.25, 0.3) is 53.6 Å². The largest absolute Gasteiger partial charge is 0.457 e. The van der Waals surface area contributed by atoms with E-state index in [4.69, 9.17) is 4.74 Å². The number of nitrogens with zero attached hydrogens (tertiary/aromatic N) is 1. The van der Waals surface area contributed by atoms with Gasteiger partial charge >= 0.3 is 0 Å². The fourth-order valence-electron chi connectivity index (χ4n) is 12.0. The van der Waals surface area contributed by atoms with Crippen molar-refractivity contribution in [3.63, 3.8) is 0 Å². The van der Waals surface area contributed by atoms with Gasteiger partial charge in [-0.3, -0.25) is 0 Å². The first-order valence-electron chi connectivity index (χ1n) is 24.2. The third-order valence-corrected chi connectivity index (χ3v) is 16.1. The van der Waals surface area contributed by atoms with Crippen molar-refractivity contribution < 1.29 is 4.74 Å². The lowest BCUT2D eigenvalue weighted by atomic mass is 9.66. The summed E-state index contributed by atoms with van der Waals surface area (Å²) >= 11 is 1.87. The van der Waals surface area contributed by atoms with E-state index in [0.29, 0.717) is 0 Å². The average molecular weight is 912 g/mol. The highest BCUT2D eigenvalue weighted by atomic mass is 32.1. The van der Waals surface area contributed by atoms with Crippen LogP contribution in [0.2, 0.25) is 0 Å². The van der Waals surface area contributed by atoms with E-state index in [9.17, 15) is 0 Å². The predicted octanol–water partition coefficient (Wildman–Crippen LogP) is 18.3. The molecule has 1 spiro atoms. The van der Waals surface area contributed by atoms with Gasteiger partial charge in [0.25, 0.3) is 0 Å². The molecule has 1 aromatic heterocycles. The molecule has 330 valence electrons. The van der Waals surface area contributed by atoms with Gasteiger partial charge < -0.3 is 9.64 Å². The average Bonchev–Trinajstić information content (AvgIpc) is 3.96. The Morgan fingerprint density at radius 2 is 0.986 bits per heavy atom. The van der Waals surface area contributed by atoms with E-state index in [1.54, 1.807) is 0 Å². The Bertz CT molecular complexity index is 3850. The molecule has 11 aromatic rings. The summed E-state index contributed by atoms with van der Waals surface area (Å²) in [5.41, 5.74) is 17.5. The molecule has 10 aromatic carbocycles. The first kappa shape index (κ1) is 40.6. The first-order valence-corrected chi connectivity index (χ1v) is 25.1. The molecule has 0 fully saturated rings. The van der Waals surface area contributed by atoms with Gasteiger partial charge in [0.15, 0.2) is 0 Å². The Hall–Kier alpha value is -8.50. The fourth-order valence-corrected chi connectivity index (χ4v) is 13.2. The number of anilines is 3. The van der Waals surface area contributed by atoms with Gasteiger partial charge in [-0.25, -0.2) is 0 Å². The molecule has 3 heteroatoms. The number of ether oxygens (including phenoxy) is 1. The van der Waals surface area contributed by atoms with E-state index in [1.807, 2.05) is 11.3 Å². The van der Waals surface area contributed by atoms with Crippen molar-refractivity contribution in [1.29, 1.82) is 0 Å². The van der Waals surface area contributed by atoms with Crippen LogP contribution in [0.5, 0.6) is 11.5 Å². The van der Waals surface area contributed by atoms with Crippen LogP contribution in [0, 0.1) is 0 Å². The van der Waals surface area contributed by atoms with Crippen LogP contribution >= 0.6 is 11.3 Å². The highest BCUT2D eigenvalue weighted by Crippen LogP contribution is 2.63. The molecule has 1 aliphatic heterocycles. The van der Waals surface area contributed by atoms with Crippen LogP contribution in [0.15, 0.2) is 261 Å². The lowest BCUT2D eigenvalue weighted by molar-refractivity contribution is 0.436. The standard InChI is InChI=1S/C67H45NOS/c1-2-19-44(20-3-1)48-21-4-5-22-50(48)51-23-6-7-24-52(51)54-26-9-14-32-61(54)68(46-39-37-45(38-40-46)49-28-18-36-65-66(49)55-27-10-17-35-64(55)70-65)47-41-42-58-56(43-47)53-25-8-11-29-57(53)67(58)59-30-12-15-33-62(59)69-63-34-16-13-31-60(63)67/h1-43,48,50H. The monoisotopic (exact) mass is 911 g/mol. The van der Waals surface area contributed by atoms with Crippen LogP contribution in [0.3, 0.4) is 0 Å². The Morgan fingerprint density at radius 1 is 0.400 bits per heavy atom. The molecule has 0 saturated heterocycles. The van der Waals surface area contributed by atoms with Gasteiger partial charge in [0.1, 0.15) is 11.5 Å². The summed E-state index contributed by atoms with van der Waals surface area (Å²) in [5.74, 6) is 2.15. The minimum absolute atomic E-state index is 0.151. The van der Waals surface area contributed by atoms with E-state index in [1.165, 1.54) is 75.8 Å². The Kier molecular flexibility index (Phi) is 9.47. The summed E-state index contributed by atoms with van der Waals surface area (Å²) in [4.78, 5) is 2.49. The highest BCUT2D eigenvalue weighted by molar-refractivity contribution is 7.25. The maximum Gasteiger partial charge on any atom is 0.132 e. The minimum atomic E-state index is -0.552. The number of benzene rings is 10. The van der Waals surface area contributed by atoms with Gasteiger partial charge in [-0.05, 0) is 105 Å². The Balaban J connectivity index is 0.978. The summed E-state index contributed by atoms with van der Waals surface area (Å²) < 4.78 is 9.30. The van der Waals surface area contributed by atoms with Crippen LogP contribution in [-0.4, -0.2) is 0 Å². The Labute approximate surface area is 412 Å². The molecule has 0 radical (unpaired) electrons. The normalized spacial score (nSPS) is 15.8. The zero-order valence-electron chi connectivity index (χ0n) is 38.2. The smallest absolute Gasteiger partial charge is 0.132 e. The zero-order valence-corrected chi connectivity index (χ0v) is 39.1. The lowest BCUT2D eigenvalue weighted by Crippen LogP contribution is -2.32. The van der Waals surface area contributed by atoms with Gasteiger partial charge in [-0.2, -0.15) is 0 Å². The fraction of sp³-hybridized carbons (Fsp3) is 0.0448. The van der Waals surface area contributed by atoms with Gasteiger partial charge in [-0.15, -0.1) is 11.3 Å². The van der Waals surface area contributed by atoms with E-state index in [-0.39, 0.29) is 11.8 Å². The molecular weight excluding hydrogens is 867 g/mol. The van der Waals surface area contributed by atoms with Gasteiger partial charge in [0.05, 0.1) is 11.1 Å². The van der Waals surface area contributed by atoms with Crippen LogP contribution < -0.4 is 9.64 Å². The van der Waals surface area contributed by atoms with Crippen molar-refractivity contribution in [2.75, 3.05) is 4.90 Å². The second kappa shape index (κ2) is 16.3. The quantitative estimate of drug-likeness (QED) is 0.158. The highest BCUT2D eigenvalue weighted by Gasteiger charge is 2.51. The molecule has 2 heterocycles. The molecular formula is C67H45NOS. The number of thiophene rings is 1. The number of allylic oxidation sites excluding steroid dienone is 4. The SMILES string of the molecule is C1=CC(c2ccccc2)C(c2ccccc2-c2ccccc2N(c2ccc(-c3cccc4sc5ccccc5c34)cc2)c2ccc3c(c2)-c2ccccc2C32c3ccccc3Oc3ccccc32)C=C1. The van der Waals surface area contributed by atoms with E-state index < -0.39 is 5.41 Å². The molecule has 2 nitrogen and oxygen atoms in total. The van der Waals surface area contributed by atoms with Gasteiger partial charge in [0, 0.05) is 60.1 Å². The molecule has 0 N–H and O–H groups in total. The van der Waals surface area contributed by atoms with E-state index in [0.717, 1.165) is 39.7 Å². The van der Waals surface area contributed by atoms with Crippen LogP contribution in [0.1, 0.15) is 45.2 Å². The molecule has 0 bridgehead atoms. The van der Waals surface area contributed by atoms with Crippen LogP contribution in [-0.2, 0) is 5.41 Å². The van der Waals surface area contributed by atoms with Crippen molar-refractivity contribution in [2.45, 2.75) is 17.3 Å². The van der Waals surface area contributed by atoms with E-state index in [2.05, 4.69) is 266 Å². The summed E-state index contributed by atoms with van der Waals surface area (Å²) in [6.45, 7) is 0. The molecule has 70 heavy (non-hydrogen) atoms. The van der Waals surface area contributed by atoms with Crippen molar-refractivity contribution in [1.82, 2.24) is 0 Å². The third-order valence-electron chi connectivity index (χ3n) is 15.0. The van der Waals surface area contributed by atoms with Crippen molar-refractivity contribution >= 4 is 48.6 Å². The first-order chi connectivity index (χ1) is 34.7. The minimum Gasteiger partial charge on any atom is -0.457 e. The number of rotatable bonds is 7. The summed E-state index contributed by atoms with van der Waals surface area (Å²) in [6, 6.07) is 87.2. The van der Waals surface area contributed by atoms with Gasteiger partial charge in [-0.1, -0.05) is 206 Å². The molecule has 2 unspecified atom stereocenters. The third kappa shape index (κ3) is 6.18. The Morgan fingerprint density at radius 3 is 1.79 bits per heavy atom. The second-order valence-electron chi connectivity index (χ2n) is 18.6. The number of fused-ring (bicyclic) bond motifs is 12. The van der Waals surface area contributed by atoms with Crippen molar-refractivity contribution in [2.24, 2.45) is 0 Å². The molecule has 14 rings (SSSR count). The second-order valence-corrected chi connectivity index (χ2v) is 19.7. The predicted molar refractivity (Wildman–Crippen MR) is 292 cm³/mol. The topological polar surface area (TPSA) is 12.5 Å². The van der Waals surface area contributed by atoms with E-state index >= 15 is 0 Å². The van der Waals surface area contributed by atoms with Crippen LogP contribution in [0.4, 0.5) is 17.1 Å². The molecule has 3 aliphatic rings. The maximum absolute atomic E-state index is 6.68. The molecule has 0 saturated carbocycles. The van der Waals surface area contributed by atoms with Crippen molar-refractivity contribution in [3.05, 3.63) is 294 Å². The number of para-hydroxylation sites is 3. The maximum atomic E-state index is 6.68. The lowest BCUT2D eigenvalue weighted by Gasteiger charge is -2.39. The summed E-state index contributed by atoms with van der Waals surface area (Å²) in [6.07, 6.45) is 9.16. The van der Waals surface area contributed by atoms with Crippen molar-refractivity contribution in [3.8, 4) is 44.9 Å². The van der Waals surface area contributed by atoms with Gasteiger partial charge in [0.2, 0.25) is 0 Å². The molecule has 2 atom stereocenters. The summed E-state index contributed by atoms with van der Waals surface area (Å²) in [7, 11) is 0. The zero-order chi connectivity index (χ0) is 46.2. The summed E-state index contributed by atoms with van der Waals surface area (Å²) in [5, 5.41) is 2.62. The molecule has 0 amide bonds. The number of hydrogen-bond donors (Lipinski definition) is 0.